The summed E-state index contributed by atoms with van der Waals surface area (Å²) in [6, 6.07) is 55.2. The zero-order chi connectivity index (χ0) is 29.1. The van der Waals surface area contributed by atoms with Crippen LogP contribution in [0.25, 0.3) is 0 Å². The summed E-state index contributed by atoms with van der Waals surface area (Å²) in [6.45, 7) is 0. The van der Waals surface area contributed by atoms with Crippen molar-refractivity contribution in [1.82, 2.24) is 0 Å². The first-order chi connectivity index (χ1) is 21.3. The summed E-state index contributed by atoms with van der Waals surface area (Å²) >= 11 is 0. The van der Waals surface area contributed by atoms with Crippen LogP contribution >= 0.6 is 0 Å². The van der Waals surface area contributed by atoms with Crippen LogP contribution < -0.4 is 4.90 Å². The van der Waals surface area contributed by atoms with Gasteiger partial charge in [0.05, 0.1) is 0 Å². The fourth-order valence-corrected chi connectivity index (χ4v) is 4.53. The molecule has 6 aromatic rings. The summed E-state index contributed by atoms with van der Waals surface area (Å²) in [5, 5.41) is 0. The summed E-state index contributed by atoms with van der Waals surface area (Å²) in [5.41, 5.74) is 9.00. The van der Waals surface area contributed by atoms with Crippen molar-refractivity contribution in [3.63, 3.8) is 0 Å². The lowest BCUT2D eigenvalue weighted by Crippen LogP contribution is -2.09. The molecule has 0 amide bonds. The highest BCUT2D eigenvalue weighted by atomic mass is 15.1. The Kier molecular flexibility index (Phi) is 8.44. The van der Waals surface area contributed by atoms with Gasteiger partial charge in [0.1, 0.15) is 0 Å². The molecule has 0 aliphatic carbocycles. The van der Waals surface area contributed by atoms with Gasteiger partial charge in [-0.2, -0.15) is 0 Å². The Labute approximate surface area is 254 Å². The van der Waals surface area contributed by atoms with Gasteiger partial charge in [0.2, 0.25) is 0 Å². The van der Waals surface area contributed by atoms with E-state index in [2.05, 4.69) is 113 Å². The second-order valence-corrected chi connectivity index (χ2v) is 9.82. The van der Waals surface area contributed by atoms with Crippen LogP contribution in [0.2, 0.25) is 0 Å². The number of anilines is 3. The van der Waals surface area contributed by atoms with Crippen LogP contribution in [0.3, 0.4) is 0 Å². The van der Waals surface area contributed by atoms with Gasteiger partial charge in [0.15, 0.2) is 0 Å². The van der Waals surface area contributed by atoms with Crippen molar-refractivity contribution in [2.45, 2.75) is 0 Å². The Bertz CT molecular complexity index is 1730. The van der Waals surface area contributed by atoms with Crippen LogP contribution in [-0.2, 0) is 0 Å². The van der Waals surface area contributed by atoms with E-state index in [1.165, 1.54) is 0 Å². The van der Waals surface area contributed by atoms with Gasteiger partial charge < -0.3 is 4.90 Å². The molecule has 0 saturated carbocycles. The number of hydrogen-bond donors (Lipinski definition) is 0. The molecular formula is C42H27N. The lowest BCUT2D eigenvalue weighted by atomic mass is 10.1. The average molecular weight is 546 g/mol. The Hall–Kier alpha value is -6.20. The number of rotatable bonds is 3. The number of hydrogen-bond acceptors (Lipinski definition) is 1. The van der Waals surface area contributed by atoms with Gasteiger partial charge >= 0.3 is 0 Å². The van der Waals surface area contributed by atoms with E-state index in [1.54, 1.807) is 0 Å². The molecule has 6 aromatic carbocycles. The summed E-state index contributed by atoms with van der Waals surface area (Å²) in [4.78, 5) is 2.23. The lowest BCUT2D eigenvalue weighted by Gasteiger charge is -2.25. The predicted octanol–water partition coefficient (Wildman–Crippen LogP) is 9.36. The summed E-state index contributed by atoms with van der Waals surface area (Å²) in [6.07, 6.45) is 0. The van der Waals surface area contributed by atoms with Crippen LogP contribution in [-0.4, -0.2) is 0 Å². The van der Waals surface area contributed by atoms with Gasteiger partial charge in [-0.25, -0.2) is 0 Å². The predicted molar refractivity (Wildman–Crippen MR) is 178 cm³/mol. The molecule has 0 unspecified atom stereocenters. The van der Waals surface area contributed by atoms with Crippen molar-refractivity contribution in [2.75, 3.05) is 4.90 Å². The van der Waals surface area contributed by atoms with Gasteiger partial charge in [0.25, 0.3) is 0 Å². The van der Waals surface area contributed by atoms with E-state index in [4.69, 9.17) is 0 Å². The molecule has 0 radical (unpaired) electrons. The maximum absolute atomic E-state index is 3.28. The molecule has 0 atom stereocenters. The van der Waals surface area contributed by atoms with Gasteiger partial charge in [-0.1, -0.05) is 90.1 Å². The summed E-state index contributed by atoms with van der Waals surface area (Å²) in [7, 11) is 0. The van der Waals surface area contributed by atoms with E-state index < -0.39 is 0 Å². The normalized spacial score (nSPS) is 9.77. The maximum Gasteiger partial charge on any atom is 0.0462 e. The van der Waals surface area contributed by atoms with Gasteiger partial charge in [0, 0.05) is 50.4 Å². The van der Waals surface area contributed by atoms with E-state index >= 15 is 0 Å². The highest BCUT2D eigenvalue weighted by Gasteiger charge is 2.12. The van der Waals surface area contributed by atoms with Crippen molar-refractivity contribution >= 4 is 17.1 Å². The zero-order valence-electron chi connectivity index (χ0n) is 23.5. The monoisotopic (exact) mass is 545 g/mol. The Morgan fingerprint density at radius 3 is 0.674 bits per heavy atom. The molecule has 0 aromatic heterocycles. The molecule has 1 heteroatoms. The van der Waals surface area contributed by atoms with Crippen LogP contribution in [0.4, 0.5) is 17.1 Å². The van der Waals surface area contributed by atoms with Crippen LogP contribution in [0.15, 0.2) is 164 Å². The molecule has 200 valence electrons. The van der Waals surface area contributed by atoms with Crippen LogP contribution in [0, 0.1) is 35.5 Å². The minimum Gasteiger partial charge on any atom is -0.311 e. The molecule has 0 N–H and O–H groups in total. The molecule has 43 heavy (non-hydrogen) atoms. The van der Waals surface area contributed by atoms with Crippen molar-refractivity contribution < 1.29 is 0 Å². The highest BCUT2D eigenvalue weighted by molar-refractivity contribution is 5.77. The van der Waals surface area contributed by atoms with Gasteiger partial charge in [-0.05, 0) is 109 Å². The van der Waals surface area contributed by atoms with Crippen molar-refractivity contribution in [3.8, 4) is 35.5 Å². The Morgan fingerprint density at radius 2 is 0.442 bits per heavy atom. The third-order valence-corrected chi connectivity index (χ3v) is 6.75. The van der Waals surface area contributed by atoms with E-state index in [9.17, 15) is 0 Å². The fourth-order valence-electron chi connectivity index (χ4n) is 4.53. The first-order valence-corrected chi connectivity index (χ1v) is 14.1. The third kappa shape index (κ3) is 7.31. The zero-order valence-corrected chi connectivity index (χ0v) is 23.5. The van der Waals surface area contributed by atoms with Crippen LogP contribution in [0.5, 0.6) is 0 Å². The first kappa shape index (κ1) is 27.0. The Morgan fingerprint density at radius 1 is 0.233 bits per heavy atom. The molecular weight excluding hydrogens is 518 g/mol. The largest absolute Gasteiger partial charge is 0.311 e. The standard InChI is InChI=1S/C42H27N/c1-4-10-34(11-5-1)16-19-37-22-28-40(29-23-37)43(41-30-24-38(25-31-41)20-17-35-12-6-2-7-13-35)42-32-26-39(27-33-42)21-18-36-14-8-3-9-15-36/h1-15,22-33H. The SMILES string of the molecule is C(#Cc1ccc(N(c2ccc(C#Cc3ccccc3)cc2)c2ccc(C#Cc3ccccc3)cc2)cc1)c1ccccc1. The lowest BCUT2D eigenvalue weighted by molar-refractivity contribution is 1.28. The summed E-state index contributed by atoms with van der Waals surface area (Å²) in [5.74, 6) is 19.6. The molecule has 0 spiro atoms. The topological polar surface area (TPSA) is 3.24 Å². The summed E-state index contributed by atoms with van der Waals surface area (Å²) < 4.78 is 0. The quantitative estimate of drug-likeness (QED) is 0.200. The molecule has 1 nitrogen and oxygen atoms in total. The minimum absolute atomic E-state index is 0.964. The van der Waals surface area contributed by atoms with Gasteiger partial charge in [-0.15, -0.1) is 0 Å². The number of nitrogens with zero attached hydrogens (tertiary/aromatic N) is 1. The van der Waals surface area contributed by atoms with E-state index in [-0.39, 0.29) is 0 Å². The molecule has 0 bridgehead atoms. The number of benzene rings is 6. The van der Waals surface area contributed by atoms with E-state index in [0.29, 0.717) is 0 Å². The van der Waals surface area contributed by atoms with Gasteiger partial charge in [-0.3, -0.25) is 0 Å². The molecule has 0 aliphatic heterocycles. The molecule has 6 rings (SSSR count). The molecule has 0 fully saturated rings. The second kappa shape index (κ2) is 13.4. The minimum atomic E-state index is 0.964. The molecule has 0 heterocycles. The smallest absolute Gasteiger partial charge is 0.0462 e. The average Bonchev–Trinajstić information content (AvgIpc) is 3.09. The van der Waals surface area contributed by atoms with Crippen molar-refractivity contribution in [1.29, 1.82) is 0 Å². The fraction of sp³-hybridized carbons (Fsp3) is 0. The van der Waals surface area contributed by atoms with E-state index in [0.717, 1.165) is 50.4 Å². The maximum atomic E-state index is 3.28. The highest BCUT2D eigenvalue weighted by Crippen LogP contribution is 2.34. The van der Waals surface area contributed by atoms with Crippen molar-refractivity contribution in [2.24, 2.45) is 0 Å². The van der Waals surface area contributed by atoms with Crippen LogP contribution in [0.1, 0.15) is 33.4 Å². The van der Waals surface area contributed by atoms with E-state index in [1.807, 2.05) is 91.0 Å². The second-order valence-electron chi connectivity index (χ2n) is 9.82. The first-order valence-electron chi connectivity index (χ1n) is 14.1. The molecule has 0 saturated heterocycles. The third-order valence-electron chi connectivity index (χ3n) is 6.75. The molecule has 0 aliphatic rings. The Balaban J connectivity index is 1.30. The van der Waals surface area contributed by atoms with Crippen molar-refractivity contribution in [3.05, 3.63) is 197 Å².